The van der Waals surface area contributed by atoms with Gasteiger partial charge in [-0.15, -0.1) is 0 Å². The summed E-state index contributed by atoms with van der Waals surface area (Å²) in [5.74, 6) is -0.411. The lowest BCUT2D eigenvalue weighted by Gasteiger charge is -2.28. The minimum Gasteiger partial charge on any atom is -0.365 e. The average molecular weight is 292 g/mol. The van der Waals surface area contributed by atoms with Gasteiger partial charge in [-0.3, -0.25) is 4.79 Å². The smallest absolute Gasteiger partial charge is 0.150 e. The van der Waals surface area contributed by atoms with Crippen molar-refractivity contribution >= 4 is 23.6 Å². The van der Waals surface area contributed by atoms with E-state index in [2.05, 4.69) is 0 Å². The van der Waals surface area contributed by atoms with Crippen molar-refractivity contribution in [3.8, 4) is 0 Å². The Kier molecular flexibility index (Phi) is 4.40. The normalized spacial score (nSPS) is 12.0. The number of hydrogen-bond donors (Lipinski definition) is 0. The van der Waals surface area contributed by atoms with Crippen LogP contribution in [0.1, 0.15) is 28.9 Å². The van der Waals surface area contributed by atoms with Gasteiger partial charge in [0.25, 0.3) is 0 Å². The Hall–Kier alpha value is -1.87. The van der Waals surface area contributed by atoms with Gasteiger partial charge in [0.15, 0.2) is 0 Å². The zero-order valence-corrected chi connectivity index (χ0v) is 12.1. The molecule has 2 aromatic carbocycles. The van der Waals surface area contributed by atoms with Crippen LogP contribution in [0.2, 0.25) is 5.02 Å². The van der Waals surface area contributed by atoms with Crippen LogP contribution in [-0.4, -0.2) is 13.3 Å². The van der Waals surface area contributed by atoms with Crippen molar-refractivity contribution in [3.05, 3.63) is 64.4 Å². The highest BCUT2D eigenvalue weighted by atomic mass is 35.5. The molecule has 20 heavy (non-hydrogen) atoms. The van der Waals surface area contributed by atoms with Gasteiger partial charge < -0.3 is 4.90 Å². The van der Waals surface area contributed by atoms with Crippen molar-refractivity contribution in [2.75, 3.05) is 11.9 Å². The molecule has 2 nitrogen and oxygen atoms in total. The Balaban J connectivity index is 2.31. The summed E-state index contributed by atoms with van der Waals surface area (Å²) in [6.45, 7) is 1.97. The Labute approximate surface area is 122 Å². The minimum atomic E-state index is -0.411. The molecule has 0 saturated carbocycles. The number of carbonyl (C=O) groups is 1. The molecular weight excluding hydrogens is 277 g/mol. The monoisotopic (exact) mass is 291 g/mol. The fourth-order valence-electron chi connectivity index (χ4n) is 2.08. The second kappa shape index (κ2) is 6.06. The second-order valence-electron chi connectivity index (χ2n) is 4.67. The van der Waals surface area contributed by atoms with Crippen LogP contribution in [0.3, 0.4) is 0 Å². The SMILES string of the molecule is CC(c1cccc(Cl)c1)N(C)c1ccc(C=O)cc1F. The zero-order chi connectivity index (χ0) is 14.7. The number of rotatable bonds is 4. The van der Waals surface area contributed by atoms with E-state index >= 15 is 0 Å². The maximum absolute atomic E-state index is 14.0. The summed E-state index contributed by atoms with van der Waals surface area (Å²) in [6, 6.07) is 11.9. The quantitative estimate of drug-likeness (QED) is 0.774. The van der Waals surface area contributed by atoms with Gasteiger partial charge in [0.1, 0.15) is 12.1 Å². The van der Waals surface area contributed by atoms with Crippen molar-refractivity contribution in [2.45, 2.75) is 13.0 Å². The highest BCUT2D eigenvalue weighted by Crippen LogP contribution is 2.28. The number of aldehydes is 1. The third-order valence-electron chi connectivity index (χ3n) is 3.40. The van der Waals surface area contributed by atoms with Gasteiger partial charge in [-0.05, 0) is 42.8 Å². The fourth-order valence-corrected chi connectivity index (χ4v) is 2.28. The van der Waals surface area contributed by atoms with Gasteiger partial charge in [0, 0.05) is 17.6 Å². The van der Waals surface area contributed by atoms with Crippen LogP contribution in [0.5, 0.6) is 0 Å². The number of hydrogen-bond acceptors (Lipinski definition) is 2. The van der Waals surface area contributed by atoms with Crippen LogP contribution >= 0.6 is 11.6 Å². The molecule has 4 heteroatoms. The average Bonchev–Trinajstić information content (AvgIpc) is 2.45. The zero-order valence-electron chi connectivity index (χ0n) is 11.3. The van der Waals surface area contributed by atoms with Gasteiger partial charge >= 0.3 is 0 Å². The maximum Gasteiger partial charge on any atom is 0.150 e. The van der Waals surface area contributed by atoms with Crippen LogP contribution in [0, 0.1) is 5.82 Å². The molecule has 0 aliphatic carbocycles. The third-order valence-corrected chi connectivity index (χ3v) is 3.63. The van der Waals surface area contributed by atoms with E-state index in [4.69, 9.17) is 11.6 Å². The summed E-state index contributed by atoms with van der Waals surface area (Å²) < 4.78 is 14.0. The van der Waals surface area contributed by atoms with Crippen molar-refractivity contribution in [3.63, 3.8) is 0 Å². The van der Waals surface area contributed by atoms with Crippen molar-refractivity contribution in [1.29, 1.82) is 0 Å². The lowest BCUT2D eigenvalue weighted by atomic mass is 10.1. The molecule has 2 rings (SSSR count). The molecule has 2 aromatic rings. The standard InChI is InChI=1S/C16H15ClFNO/c1-11(13-4-3-5-14(17)9-13)19(2)16-7-6-12(10-20)8-15(16)18/h3-11H,1-2H3. The number of nitrogens with zero attached hydrogens (tertiary/aromatic N) is 1. The van der Waals surface area contributed by atoms with Gasteiger partial charge in [0.05, 0.1) is 11.7 Å². The molecule has 104 valence electrons. The molecule has 0 aliphatic rings. The maximum atomic E-state index is 14.0. The highest BCUT2D eigenvalue weighted by molar-refractivity contribution is 6.30. The third kappa shape index (κ3) is 2.99. The molecule has 0 fully saturated rings. The summed E-state index contributed by atoms with van der Waals surface area (Å²) >= 11 is 5.98. The summed E-state index contributed by atoms with van der Waals surface area (Å²) in [7, 11) is 1.81. The topological polar surface area (TPSA) is 20.3 Å². The predicted molar refractivity (Wildman–Crippen MR) is 80.1 cm³/mol. The van der Waals surface area contributed by atoms with Crippen LogP contribution < -0.4 is 4.90 Å². The summed E-state index contributed by atoms with van der Waals surface area (Å²) in [5.41, 5.74) is 1.77. The predicted octanol–water partition coefficient (Wildman–Crippen LogP) is 4.49. The Morgan fingerprint density at radius 2 is 2.00 bits per heavy atom. The Bertz CT molecular complexity index is 630. The van der Waals surface area contributed by atoms with Crippen LogP contribution in [0.15, 0.2) is 42.5 Å². The van der Waals surface area contributed by atoms with Crippen molar-refractivity contribution in [2.24, 2.45) is 0 Å². The van der Waals surface area contributed by atoms with E-state index in [0.29, 0.717) is 22.6 Å². The van der Waals surface area contributed by atoms with Crippen LogP contribution in [0.4, 0.5) is 10.1 Å². The first-order chi connectivity index (χ1) is 9.52. The van der Waals surface area contributed by atoms with Crippen LogP contribution in [0.25, 0.3) is 0 Å². The van der Waals surface area contributed by atoms with Crippen LogP contribution in [-0.2, 0) is 0 Å². The molecule has 0 spiro atoms. The summed E-state index contributed by atoms with van der Waals surface area (Å²) in [5, 5.41) is 0.652. The number of anilines is 1. The van der Waals surface area contributed by atoms with E-state index in [0.717, 1.165) is 5.56 Å². The molecule has 0 bridgehead atoms. The molecular formula is C16H15ClFNO. The van der Waals surface area contributed by atoms with E-state index in [1.165, 1.54) is 6.07 Å². The fraction of sp³-hybridized carbons (Fsp3) is 0.188. The molecule has 0 radical (unpaired) electrons. The second-order valence-corrected chi connectivity index (χ2v) is 5.11. The van der Waals surface area contributed by atoms with E-state index in [1.54, 1.807) is 18.2 Å². The molecule has 0 N–H and O–H groups in total. The molecule has 1 atom stereocenters. The number of halogens is 2. The molecule has 0 aromatic heterocycles. The molecule has 0 aliphatic heterocycles. The van der Waals surface area contributed by atoms with E-state index in [9.17, 15) is 9.18 Å². The van der Waals surface area contributed by atoms with Gasteiger partial charge in [-0.2, -0.15) is 0 Å². The van der Waals surface area contributed by atoms with Crippen molar-refractivity contribution < 1.29 is 9.18 Å². The summed E-state index contributed by atoms with van der Waals surface area (Å²) in [4.78, 5) is 12.5. The molecule has 0 saturated heterocycles. The molecule has 0 heterocycles. The van der Waals surface area contributed by atoms with Crippen molar-refractivity contribution in [1.82, 2.24) is 0 Å². The number of carbonyl (C=O) groups excluding carboxylic acids is 1. The summed E-state index contributed by atoms with van der Waals surface area (Å²) in [6.07, 6.45) is 0.632. The van der Waals surface area contributed by atoms with E-state index in [-0.39, 0.29) is 6.04 Å². The lowest BCUT2D eigenvalue weighted by molar-refractivity contribution is 0.112. The number of benzene rings is 2. The van der Waals surface area contributed by atoms with Gasteiger partial charge in [-0.25, -0.2) is 4.39 Å². The first-order valence-electron chi connectivity index (χ1n) is 6.26. The van der Waals surface area contributed by atoms with E-state index in [1.807, 2.05) is 37.1 Å². The Morgan fingerprint density at radius 1 is 1.25 bits per heavy atom. The largest absolute Gasteiger partial charge is 0.365 e. The van der Waals surface area contributed by atoms with Gasteiger partial charge in [0.2, 0.25) is 0 Å². The first-order valence-corrected chi connectivity index (χ1v) is 6.63. The Morgan fingerprint density at radius 3 is 2.60 bits per heavy atom. The molecule has 0 amide bonds. The van der Waals surface area contributed by atoms with Gasteiger partial charge in [-0.1, -0.05) is 23.7 Å². The van der Waals surface area contributed by atoms with E-state index < -0.39 is 5.82 Å². The first kappa shape index (κ1) is 14.5. The lowest BCUT2D eigenvalue weighted by Crippen LogP contribution is -2.22. The minimum absolute atomic E-state index is 0.0368. The highest BCUT2D eigenvalue weighted by Gasteiger charge is 2.16. The molecule has 1 unspecified atom stereocenters.